The van der Waals surface area contributed by atoms with Crippen molar-refractivity contribution >= 4 is 28.3 Å². The minimum atomic E-state index is -0.931. The van der Waals surface area contributed by atoms with Crippen molar-refractivity contribution in [2.75, 3.05) is 0 Å². The lowest BCUT2D eigenvalue weighted by Gasteiger charge is -1.93. The Kier molecular flexibility index (Phi) is 2.41. The number of hydrogen-bond acceptors (Lipinski definition) is 3. The third kappa shape index (κ3) is 1.69. The summed E-state index contributed by atoms with van der Waals surface area (Å²) < 4.78 is 0. The monoisotopic (exact) mass is 258 g/mol. The van der Waals surface area contributed by atoms with Crippen molar-refractivity contribution in [3.05, 3.63) is 40.1 Å². The molecule has 0 spiro atoms. The normalized spacial score (nSPS) is 10.9. The Morgan fingerprint density at radius 3 is 2.89 bits per heavy atom. The smallest absolute Gasteiger partial charge is 0.335 e. The van der Waals surface area contributed by atoms with Crippen molar-refractivity contribution in [2.45, 2.75) is 6.92 Å². The molecule has 0 atom stereocenters. The molecule has 0 unspecified atom stereocenters. The maximum absolute atomic E-state index is 10.9. The van der Waals surface area contributed by atoms with Gasteiger partial charge < -0.3 is 10.1 Å². The summed E-state index contributed by atoms with van der Waals surface area (Å²) in [5, 5.41) is 13.0. The van der Waals surface area contributed by atoms with Crippen LogP contribution in [0.4, 0.5) is 0 Å². The number of aromatic carboxylic acids is 1. The van der Waals surface area contributed by atoms with Gasteiger partial charge in [0.05, 0.1) is 16.6 Å². The molecule has 0 aliphatic heterocycles. The van der Waals surface area contributed by atoms with Crippen LogP contribution in [0.1, 0.15) is 15.9 Å². The highest BCUT2D eigenvalue weighted by Gasteiger charge is 2.10. The number of thiophene rings is 1. The van der Waals surface area contributed by atoms with Crippen LogP contribution in [0.2, 0.25) is 0 Å². The standard InChI is InChI=1S/C13H10N2O2S/c1-7-5-18-6-9(7)12-14-10-3-2-8(13(16)17)4-11(10)15-12/h2-6H,1H3,(H,14,15)(H,16,17). The summed E-state index contributed by atoms with van der Waals surface area (Å²) in [5.41, 5.74) is 4.02. The van der Waals surface area contributed by atoms with E-state index < -0.39 is 5.97 Å². The molecular formula is C13H10N2O2S. The molecule has 90 valence electrons. The van der Waals surface area contributed by atoms with Crippen molar-refractivity contribution in [3.8, 4) is 11.4 Å². The molecule has 0 bridgehead atoms. The first kappa shape index (κ1) is 11.0. The van der Waals surface area contributed by atoms with E-state index in [1.807, 2.05) is 12.3 Å². The van der Waals surface area contributed by atoms with Gasteiger partial charge in [-0.25, -0.2) is 9.78 Å². The van der Waals surface area contributed by atoms with Gasteiger partial charge in [0.2, 0.25) is 0 Å². The van der Waals surface area contributed by atoms with E-state index >= 15 is 0 Å². The molecule has 0 aliphatic rings. The van der Waals surface area contributed by atoms with E-state index in [0.29, 0.717) is 0 Å². The molecule has 0 saturated heterocycles. The summed E-state index contributed by atoms with van der Waals surface area (Å²) in [6.45, 7) is 2.03. The molecule has 0 radical (unpaired) electrons. The quantitative estimate of drug-likeness (QED) is 0.741. The Labute approximate surface area is 107 Å². The molecule has 0 amide bonds. The summed E-state index contributed by atoms with van der Waals surface area (Å²) in [6.07, 6.45) is 0. The van der Waals surface area contributed by atoms with Crippen molar-refractivity contribution in [1.29, 1.82) is 0 Å². The molecule has 2 heterocycles. The molecule has 0 aliphatic carbocycles. The van der Waals surface area contributed by atoms with Gasteiger partial charge in [-0.1, -0.05) is 0 Å². The van der Waals surface area contributed by atoms with Crippen LogP contribution in [0.15, 0.2) is 29.0 Å². The van der Waals surface area contributed by atoms with Crippen LogP contribution in [0.3, 0.4) is 0 Å². The molecule has 0 fully saturated rings. The lowest BCUT2D eigenvalue weighted by molar-refractivity contribution is 0.0697. The number of carbonyl (C=O) groups is 1. The Morgan fingerprint density at radius 1 is 1.39 bits per heavy atom. The number of benzene rings is 1. The van der Waals surface area contributed by atoms with Crippen LogP contribution in [0, 0.1) is 6.92 Å². The van der Waals surface area contributed by atoms with E-state index in [1.165, 1.54) is 0 Å². The number of fused-ring (bicyclic) bond motifs is 1. The molecule has 3 rings (SSSR count). The van der Waals surface area contributed by atoms with Gasteiger partial charge in [0.15, 0.2) is 0 Å². The maximum Gasteiger partial charge on any atom is 0.335 e. The highest BCUT2D eigenvalue weighted by Crippen LogP contribution is 2.26. The lowest BCUT2D eigenvalue weighted by Crippen LogP contribution is -1.94. The van der Waals surface area contributed by atoms with Crippen LogP contribution in [-0.2, 0) is 0 Å². The maximum atomic E-state index is 10.9. The predicted octanol–water partition coefficient (Wildman–Crippen LogP) is 3.30. The minimum absolute atomic E-state index is 0.264. The fourth-order valence-corrected chi connectivity index (χ4v) is 2.71. The zero-order valence-corrected chi connectivity index (χ0v) is 10.4. The first-order valence-corrected chi connectivity index (χ1v) is 6.35. The summed E-state index contributed by atoms with van der Waals surface area (Å²) in [6, 6.07) is 4.89. The molecule has 5 heteroatoms. The van der Waals surface area contributed by atoms with E-state index in [4.69, 9.17) is 5.11 Å². The van der Waals surface area contributed by atoms with Gasteiger partial charge in [-0.15, -0.1) is 0 Å². The number of hydrogen-bond donors (Lipinski definition) is 2. The molecular weight excluding hydrogens is 248 g/mol. The molecule has 2 N–H and O–H groups in total. The van der Waals surface area contributed by atoms with Crippen LogP contribution < -0.4 is 0 Å². The molecule has 4 nitrogen and oxygen atoms in total. The van der Waals surface area contributed by atoms with Crippen LogP contribution >= 0.6 is 11.3 Å². The van der Waals surface area contributed by atoms with Crippen LogP contribution in [0.5, 0.6) is 0 Å². The minimum Gasteiger partial charge on any atom is -0.478 e. The number of nitrogens with zero attached hydrogens (tertiary/aromatic N) is 1. The number of imidazole rings is 1. The highest BCUT2D eigenvalue weighted by atomic mass is 32.1. The first-order chi connectivity index (χ1) is 8.65. The van der Waals surface area contributed by atoms with E-state index in [0.717, 1.165) is 28.0 Å². The lowest BCUT2D eigenvalue weighted by atomic mass is 10.2. The molecule has 1 aromatic carbocycles. The number of nitrogens with one attached hydrogen (secondary N) is 1. The number of carboxylic acid groups (broad SMARTS) is 1. The van der Waals surface area contributed by atoms with Crippen LogP contribution in [0.25, 0.3) is 22.4 Å². The second-order valence-corrected chi connectivity index (χ2v) is 4.83. The molecule has 2 aromatic heterocycles. The number of carboxylic acids is 1. The second kappa shape index (κ2) is 3.96. The predicted molar refractivity (Wildman–Crippen MR) is 71.1 cm³/mol. The molecule has 0 saturated carbocycles. The second-order valence-electron chi connectivity index (χ2n) is 4.09. The van der Waals surface area contributed by atoms with Crippen molar-refractivity contribution in [3.63, 3.8) is 0 Å². The van der Waals surface area contributed by atoms with Crippen LogP contribution in [-0.4, -0.2) is 21.0 Å². The number of aromatic amines is 1. The van der Waals surface area contributed by atoms with E-state index in [1.54, 1.807) is 29.5 Å². The number of aromatic nitrogens is 2. The highest BCUT2D eigenvalue weighted by molar-refractivity contribution is 7.08. The Balaban J connectivity index is 2.17. The Bertz CT molecular complexity index is 742. The molecule has 18 heavy (non-hydrogen) atoms. The van der Waals surface area contributed by atoms with E-state index in [-0.39, 0.29) is 5.56 Å². The van der Waals surface area contributed by atoms with Gasteiger partial charge in [0, 0.05) is 10.9 Å². The largest absolute Gasteiger partial charge is 0.478 e. The topological polar surface area (TPSA) is 66.0 Å². The summed E-state index contributed by atoms with van der Waals surface area (Å²) >= 11 is 1.62. The number of H-pyrrole nitrogens is 1. The third-order valence-corrected chi connectivity index (χ3v) is 3.70. The zero-order chi connectivity index (χ0) is 12.7. The first-order valence-electron chi connectivity index (χ1n) is 5.41. The Morgan fingerprint density at radius 2 is 2.22 bits per heavy atom. The summed E-state index contributed by atoms with van der Waals surface area (Å²) in [4.78, 5) is 18.5. The number of aryl methyl sites for hydroxylation is 1. The average Bonchev–Trinajstić information content (AvgIpc) is 2.92. The number of rotatable bonds is 2. The average molecular weight is 258 g/mol. The Hall–Kier alpha value is -2.14. The van der Waals surface area contributed by atoms with Gasteiger partial charge in [0.25, 0.3) is 0 Å². The van der Waals surface area contributed by atoms with Crippen molar-refractivity contribution in [1.82, 2.24) is 9.97 Å². The van der Waals surface area contributed by atoms with E-state index in [9.17, 15) is 4.79 Å². The van der Waals surface area contributed by atoms with E-state index in [2.05, 4.69) is 15.3 Å². The third-order valence-electron chi connectivity index (χ3n) is 2.84. The van der Waals surface area contributed by atoms with Gasteiger partial charge in [-0.05, 0) is 36.1 Å². The summed E-state index contributed by atoms with van der Waals surface area (Å²) in [7, 11) is 0. The SMILES string of the molecule is Cc1cscc1-c1nc2ccc(C(=O)O)cc2[nH]1. The fraction of sp³-hybridized carbons (Fsp3) is 0.0769. The van der Waals surface area contributed by atoms with Crippen molar-refractivity contribution < 1.29 is 9.90 Å². The fourth-order valence-electron chi connectivity index (χ4n) is 1.87. The van der Waals surface area contributed by atoms with Gasteiger partial charge in [-0.2, -0.15) is 11.3 Å². The van der Waals surface area contributed by atoms with Gasteiger partial charge in [-0.3, -0.25) is 0 Å². The van der Waals surface area contributed by atoms with Gasteiger partial charge >= 0.3 is 5.97 Å². The summed E-state index contributed by atoms with van der Waals surface area (Å²) in [5.74, 6) is -0.147. The molecule has 3 aromatic rings. The van der Waals surface area contributed by atoms with Crippen molar-refractivity contribution in [2.24, 2.45) is 0 Å². The zero-order valence-electron chi connectivity index (χ0n) is 9.60. The van der Waals surface area contributed by atoms with Gasteiger partial charge in [0.1, 0.15) is 5.82 Å².